The molecule has 1 aromatic rings. The molecule has 0 aliphatic carbocycles. The number of primary sulfonamides is 1. The van der Waals surface area contributed by atoms with Crippen LogP contribution in [-0.2, 0) is 10.0 Å². The maximum atomic E-state index is 13.1. The number of sulfonamides is 1. The van der Waals surface area contributed by atoms with Crippen molar-refractivity contribution >= 4 is 15.9 Å². The number of rotatable bonds is 4. The fourth-order valence-corrected chi connectivity index (χ4v) is 1.47. The number of nitrogens with one attached hydrogen (secondary N) is 1. The van der Waals surface area contributed by atoms with Crippen molar-refractivity contribution < 1.29 is 22.0 Å². The molecule has 0 atom stereocenters. The van der Waals surface area contributed by atoms with Gasteiger partial charge < -0.3 is 5.32 Å². The van der Waals surface area contributed by atoms with Gasteiger partial charge in [0.15, 0.2) is 11.6 Å². The van der Waals surface area contributed by atoms with Gasteiger partial charge >= 0.3 is 0 Å². The number of carbonyl (C=O) groups is 1. The Kier molecular flexibility index (Phi) is 4.13. The Balaban J connectivity index is 2.68. The average molecular weight is 264 g/mol. The third-order valence-corrected chi connectivity index (χ3v) is 2.64. The van der Waals surface area contributed by atoms with Crippen molar-refractivity contribution in [2.75, 3.05) is 12.3 Å². The van der Waals surface area contributed by atoms with Gasteiger partial charge in [-0.1, -0.05) is 6.07 Å². The summed E-state index contributed by atoms with van der Waals surface area (Å²) in [5.74, 6) is -3.80. The second kappa shape index (κ2) is 5.19. The first-order valence-electron chi connectivity index (χ1n) is 4.54. The lowest BCUT2D eigenvalue weighted by Gasteiger charge is -2.05. The van der Waals surface area contributed by atoms with Crippen LogP contribution in [-0.4, -0.2) is 26.6 Å². The third kappa shape index (κ3) is 4.08. The smallest absolute Gasteiger partial charge is 0.254 e. The van der Waals surface area contributed by atoms with Crippen molar-refractivity contribution in [3.8, 4) is 0 Å². The number of halogens is 2. The van der Waals surface area contributed by atoms with Crippen molar-refractivity contribution in [2.24, 2.45) is 5.14 Å². The van der Waals surface area contributed by atoms with E-state index in [4.69, 9.17) is 5.14 Å². The Morgan fingerprint density at radius 3 is 2.59 bits per heavy atom. The van der Waals surface area contributed by atoms with E-state index in [2.05, 4.69) is 5.32 Å². The van der Waals surface area contributed by atoms with Gasteiger partial charge in [-0.3, -0.25) is 4.79 Å². The predicted molar refractivity (Wildman–Crippen MR) is 56.7 cm³/mol. The van der Waals surface area contributed by atoms with Gasteiger partial charge in [-0.2, -0.15) is 0 Å². The molecule has 0 aromatic heterocycles. The van der Waals surface area contributed by atoms with Gasteiger partial charge in [0.25, 0.3) is 5.91 Å². The van der Waals surface area contributed by atoms with Gasteiger partial charge in [0, 0.05) is 6.54 Å². The molecular weight excluding hydrogens is 254 g/mol. The minimum absolute atomic E-state index is 0.270. The molecule has 0 saturated carbocycles. The van der Waals surface area contributed by atoms with Crippen molar-refractivity contribution in [1.29, 1.82) is 0 Å². The molecule has 94 valence electrons. The number of amides is 1. The first kappa shape index (κ1) is 13.5. The highest BCUT2D eigenvalue weighted by Gasteiger charge is 2.15. The fourth-order valence-electron chi connectivity index (χ4n) is 1.08. The van der Waals surface area contributed by atoms with Gasteiger partial charge in [0.1, 0.15) is 0 Å². The van der Waals surface area contributed by atoms with E-state index in [-0.39, 0.29) is 6.54 Å². The number of hydrogen-bond acceptors (Lipinski definition) is 3. The van der Waals surface area contributed by atoms with E-state index in [0.29, 0.717) is 0 Å². The summed E-state index contributed by atoms with van der Waals surface area (Å²) in [6.45, 7) is -0.270. The molecule has 1 aromatic carbocycles. The van der Waals surface area contributed by atoms with Crippen LogP contribution in [0, 0.1) is 11.6 Å². The van der Waals surface area contributed by atoms with Gasteiger partial charge in [-0.15, -0.1) is 0 Å². The molecule has 0 aliphatic heterocycles. The number of hydrogen-bond donors (Lipinski definition) is 2. The summed E-state index contributed by atoms with van der Waals surface area (Å²) in [5, 5.41) is 6.82. The van der Waals surface area contributed by atoms with Crippen LogP contribution in [0.25, 0.3) is 0 Å². The Hall–Kier alpha value is -1.54. The van der Waals surface area contributed by atoms with Crippen LogP contribution in [0.2, 0.25) is 0 Å². The zero-order chi connectivity index (χ0) is 13.1. The lowest BCUT2D eigenvalue weighted by molar-refractivity contribution is 0.0951. The molecule has 1 amide bonds. The van der Waals surface area contributed by atoms with Crippen molar-refractivity contribution in [2.45, 2.75) is 0 Å². The van der Waals surface area contributed by atoms with Crippen molar-refractivity contribution in [1.82, 2.24) is 5.32 Å². The first-order valence-corrected chi connectivity index (χ1v) is 6.25. The van der Waals surface area contributed by atoms with E-state index in [1.165, 1.54) is 6.07 Å². The van der Waals surface area contributed by atoms with Gasteiger partial charge in [0.2, 0.25) is 10.0 Å². The molecule has 0 unspecified atom stereocenters. The second-order valence-electron chi connectivity index (χ2n) is 3.22. The molecular formula is C9H10F2N2O3S. The predicted octanol–water partition coefficient (Wildman–Crippen LogP) is -0.0169. The highest BCUT2D eigenvalue weighted by atomic mass is 32.2. The zero-order valence-electron chi connectivity index (χ0n) is 8.61. The molecule has 5 nitrogen and oxygen atoms in total. The number of carbonyl (C=O) groups excluding carboxylic acids is 1. The summed E-state index contributed by atoms with van der Waals surface area (Å²) >= 11 is 0. The summed E-state index contributed by atoms with van der Waals surface area (Å²) < 4.78 is 47.0. The largest absolute Gasteiger partial charge is 0.351 e. The molecule has 0 aliphatic rings. The van der Waals surface area contributed by atoms with E-state index in [9.17, 15) is 22.0 Å². The monoisotopic (exact) mass is 264 g/mol. The van der Waals surface area contributed by atoms with Gasteiger partial charge in [0.05, 0.1) is 11.3 Å². The van der Waals surface area contributed by atoms with Crippen LogP contribution in [0.15, 0.2) is 18.2 Å². The maximum absolute atomic E-state index is 13.1. The van der Waals surface area contributed by atoms with Gasteiger partial charge in [-0.25, -0.2) is 22.3 Å². The molecule has 0 spiro atoms. The molecule has 0 fully saturated rings. The Morgan fingerprint density at radius 1 is 1.35 bits per heavy atom. The normalized spacial score (nSPS) is 11.2. The van der Waals surface area contributed by atoms with Crippen LogP contribution in [0.3, 0.4) is 0 Å². The summed E-state index contributed by atoms with van der Waals surface area (Å²) in [6.07, 6.45) is 0. The minimum Gasteiger partial charge on any atom is -0.351 e. The Bertz CT molecular complexity index is 531. The Labute approximate surface area is 96.7 Å². The van der Waals surface area contributed by atoms with Crippen molar-refractivity contribution in [3.63, 3.8) is 0 Å². The number of nitrogens with two attached hydrogens (primary N) is 1. The molecule has 17 heavy (non-hydrogen) atoms. The topological polar surface area (TPSA) is 89.3 Å². The lowest BCUT2D eigenvalue weighted by atomic mass is 10.2. The van der Waals surface area contributed by atoms with Crippen LogP contribution in [0.5, 0.6) is 0 Å². The maximum Gasteiger partial charge on any atom is 0.254 e. The second-order valence-corrected chi connectivity index (χ2v) is 4.96. The molecule has 0 bridgehead atoms. The zero-order valence-corrected chi connectivity index (χ0v) is 9.43. The number of benzene rings is 1. The first-order chi connectivity index (χ1) is 7.81. The fraction of sp³-hybridized carbons (Fsp3) is 0.222. The minimum atomic E-state index is -3.70. The SMILES string of the molecule is NS(=O)(=O)CCNC(=O)c1cccc(F)c1F. The van der Waals surface area contributed by atoms with Crippen molar-refractivity contribution in [3.05, 3.63) is 35.4 Å². The Morgan fingerprint density at radius 2 is 2.00 bits per heavy atom. The summed E-state index contributed by atoms with van der Waals surface area (Å²) in [4.78, 5) is 11.4. The van der Waals surface area contributed by atoms with Crippen LogP contribution >= 0.6 is 0 Å². The van der Waals surface area contributed by atoms with E-state index in [1.54, 1.807) is 0 Å². The molecule has 1 rings (SSSR count). The molecule has 3 N–H and O–H groups in total. The van der Waals surface area contributed by atoms with Crippen LogP contribution in [0.1, 0.15) is 10.4 Å². The molecule has 0 radical (unpaired) electrons. The third-order valence-electron chi connectivity index (χ3n) is 1.87. The van der Waals surface area contributed by atoms with E-state index in [1.807, 2.05) is 0 Å². The standard InChI is InChI=1S/C9H10F2N2O3S/c10-7-3-1-2-6(8(7)11)9(14)13-4-5-17(12,15)16/h1-3H,4-5H2,(H,13,14)(H2,12,15,16). The van der Waals surface area contributed by atoms with Crippen LogP contribution < -0.4 is 10.5 Å². The van der Waals surface area contributed by atoms with Crippen LogP contribution in [0.4, 0.5) is 8.78 Å². The highest BCUT2D eigenvalue weighted by Crippen LogP contribution is 2.10. The highest BCUT2D eigenvalue weighted by molar-refractivity contribution is 7.89. The van der Waals surface area contributed by atoms with E-state index < -0.39 is 38.9 Å². The quantitative estimate of drug-likeness (QED) is 0.801. The average Bonchev–Trinajstić information content (AvgIpc) is 2.20. The molecule has 8 heteroatoms. The molecule has 0 heterocycles. The summed E-state index contributed by atoms with van der Waals surface area (Å²) in [7, 11) is -3.70. The van der Waals surface area contributed by atoms with Gasteiger partial charge in [-0.05, 0) is 12.1 Å². The summed E-state index contributed by atoms with van der Waals surface area (Å²) in [6, 6.07) is 3.13. The van der Waals surface area contributed by atoms with E-state index in [0.717, 1.165) is 12.1 Å². The van der Waals surface area contributed by atoms with E-state index >= 15 is 0 Å². The lowest BCUT2D eigenvalue weighted by Crippen LogP contribution is -2.32. The molecule has 0 saturated heterocycles. The summed E-state index contributed by atoms with van der Waals surface area (Å²) in [5.41, 5.74) is -0.487.